The second-order valence-corrected chi connectivity index (χ2v) is 33.0. The normalized spacial score (nSPS) is 12.7. The average Bonchev–Trinajstić information content (AvgIpc) is 0.790. The van der Waals surface area contributed by atoms with Gasteiger partial charge in [-0.1, -0.05) is 315 Å². The Balaban J connectivity index is 0.805. The molecule has 6 heterocycles. The highest BCUT2D eigenvalue weighted by Gasteiger charge is 2.49. The van der Waals surface area contributed by atoms with Gasteiger partial charge in [0.05, 0.1) is 43.5 Å². The first kappa shape index (κ1) is 67.8. The van der Waals surface area contributed by atoms with E-state index in [4.69, 9.17) is 4.74 Å². The SMILES string of the molecule is c1ccc(-c2cccc(-c3ccccc3)c2N2c3ccccc3B3c4cc5c(cc4Oc4cc(N(c6ccccc6)c6cccc7c6sc6ccccc67)cc2c43)N(c2ccccc2)c2cc(N(c3ccccc3)c3cccc4c3sc3ccccc34)cc3c2B5c2ccccc2N3c2c(-c3ccccc3)cccc2-c2ccccc2)cc1. The summed E-state index contributed by atoms with van der Waals surface area (Å²) in [6, 6.07) is 155. The summed E-state index contributed by atoms with van der Waals surface area (Å²) < 4.78 is 13.1. The zero-order valence-corrected chi connectivity index (χ0v) is 65.6. The van der Waals surface area contributed by atoms with Crippen LogP contribution >= 0.6 is 22.7 Å². The predicted octanol–water partition coefficient (Wildman–Crippen LogP) is 26.5. The molecule has 18 aromatic carbocycles. The van der Waals surface area contributed by atoms with Gasteiger partial charge in [0, 0.05) is 117 Å². The number of benzene rings is 18. The molecule has 0 unspecified atom stereocenters. The van der Waals surface area contributed by atoms with E-state index in [1.165, 1.54) is 62.2 Å². The largest absolute Gasteiger partial charge is 0.458 e. The Morgan fingerprint density at radius 2 is 0.602 bits per heavy atom. The summed E-state index contributed by atoms with van der Waals surface area (Å²) >= 11 is 3.71. The van der Waals surface area contributed by atoms with Crippen molar-refractivity contribution in [3.63, 3.8) is 0 Å². The number of hydrogen-bond acceptors (Lipinski definition) is 8. The Kier molecular flexibility index (Phi) is 15.8. The molecule has 20 aromatic rings. The molecule has 0 amide bonds. The van der Waals surface area contributed by atoms with E-state index in [0.717, 1.165) is 152 Å². The monoisotopic (exact) mass is 1540 g/mol. The minimum absolute atomic E-state index is 0.298. The van der Waals surface area contributed by atoms with Crippen LogP contribution in [0.5, 0.6) is 11.5 Å². The van der Waals surface area contributed by atoms with Crippen molar-refractivity contribution in [2.45, 2.75) is 0 Å². The van der Waals surface area contributed by atoms with Gasteiger partial charge in [0.15, 0.2) is 0 Å². The van der Waals surface area contributed by atoms with Crippen LogP contribution in [-0.4, -0.2) is 13.4 Å². The first-order valence-electron chi connectivity index (χ1n) is 40.4. The van der Waals surface area contributed by atoms with Gasteiger partial charge in [-0.15, -0.1) is 22.7 Å². The van der Waals surface area contributed by atoms with Crippen LogP contribution in [0.4, 0.5) is 85.3 Å². The van der Waals surface area contributed by atoms with Crippen LogP contribution in [0, 0.1) is 0 Å². The summed E-state index contributed by atoms with van der Waals surface area (Å²) in [6.45, 7) is -0.611. The Bertz CT molecular complexity index is 7280. The number of fused-ring (bicyclic) bond motifs is 14. The second-order valence-electron chi connectivity index (χ2n) is 30.9. The Morgan fingerprint density at radius 3 is 1.07 bits per heavy atom. The molecular weight excluding hydrogens is 1470 g/mol. The van der Waals surface area contributed by atoms with Gasteiger partial charge in [0.1, 0.15) is 11.5 Å². The van der Waals surface area contributed by atoms with Crippen molar-refractivity contribution in [3.8, 4) is 56.0 Å². The summed E-state index contributed by atoms with van der Waals surface area (Å²) in [5, 5.41) is 4.95. The standard InChI is InChI=1S/C108H69B2N5OS2/c1-8-34-70(35-9-1)79-50-30-51-80(71-36-10-2-11-37-71)105(79)114-91-58-26-24-56-87(91)109-89-68-90-99(69-95(89)113(76-46-20-7-21-47-76)96-64-77(65-97(114)103(96)109)111(74-42-16-5-17-43-74)93-60-32-54-85-83-48-22-28-62-101(83)117-107(85)93)116-100-67-78(112(75-44-18-6-19-45-75)94-61-33-55-86-84-49-23-29-63-102(84)118-108(86)94)66-98-104(100)110(90)88-57-25-27-59-92(88)115(98)106-81(72-38-12-3-13-39-72)52-31-53-82(106)73-40-14-4-15-41-73/h1-69H. The molecule has 0 N–H and O–H groups in total. The zero-order chi connectivity index (χ0) is 77.5. The van der Waals surface area contributed by atoms with Crippen LogP contribution in [0.3, 0.4) is 0 Å². The summed E-state index contributed by atoms with van der Waals surface area (Å²) in [5.74, 6) is 1.59. The van der Waals surface area contributed by atoms with Crippen molar-refractivity contribution in [1.29, 1.82) is 0 Å². The number of anilines is 15. The molecule has 0 atom stereocenters. The molecule has 550 valence electrons. The smallest absolute Gasteiger partial charge is 0.256 e. The van der Waals surface area contributed by atoms with Gasteiger partial charge in [0.2, 0.25) is 0 Å². The van der Waals surface area contributed by atoms with Crippen molar-refractivity contribution in [1.82, 2.24) is 0 Å². The molecule has 4 aliphatic rings. The molecule has 24 rings (SSSR count). The molecule has 0 aliphatic carbocycles. The van der Waals surface area contributed by atoms with Crippen LogP contribution in [0.1, 0.15) is 0 Å². The maximum absolute atomic E-state index is 8.20. The van der Waals surface area contributed by atoms with E-state index in [-0.39, 0.29) is 13.4 Å². The lowest BCUT2D eigenvalue weighted by atomic mass is 9.30. The summed E-state index contributed by atoms with van der Waals surface area (Å²) in [6.07, 6.45) is 0. The van der Waals surface area contributed by atoms with Gasteiger partial charge in [0.25, 0.3) is 13.4 Å². The minimum Gasteiger partial charge on any atom is -0.458 e. The molecule has 118 heavy (non-hydrogen) atoms. The maximum Gasteiger partial charge on any atom is 0.256 e. The number of para-hydroxylation sites is 7. The van der Waals surface area contributed by atoms with E-state index in [2.05, 4.69) is 443 Å². The summed E-state index contributed by atoms with van der Waals surface area (Å²) in [7, 11) is 0. The van der Waals surface area contributed by atoms with Crippen LogP contribution < -0.4 is 62.0 Å². The molecule has 0 saturated heterocycles. The molecule has 2 aromatic heterocycles. The third-order valence-electron chi connectivity index (χ3n) is 24.4. The molecule has 6 nitrogen and oxygen atoms in total. The Labute approximate surface area is 693 Å². The highest BCUT2D eigenvalue weighted by Crippen LogP contribution is 2.57. The van der Waals surface area contributed by atoms with Gasteiger partial charge in [-0.3, -0.25) is 0 Å². The van der Waals surface area contributed by atoms with Crippen molar-refractivity contribution in [3.05, 3.63) is 419 Å². The lowest BCUT2D eigenvalue weighted by Gasteiger charge is -2.46. The fraction of sp³-hybridized carbons (Fsp3) is 0. The van der Waals surface area contributed by atoms with Gasteiger partial charge >= 0.3 is 0 Å². The predicted molar refractivity (Wildman–Crippen MR) is 503 cm³/mol. The summed E-state index contributed by atoms with van der Waals surface area (Å²) in [5.41, 5.74) is 31.9. The van der Waals surface area contributed by atoms with Gasteiger partial charge in [-0.25, -0.2) is 0 Å². The number of nitrogens with zero attached hydrogens (tertiary/aromatic N) is 5. The third-order valence-corrected chi connectivity index (χ3v) is 26.8. The molecule has 0 spiro atoms. The molecule has 4 aliphatic heterocycles. The van der Waals surface area contributed by atoms with E-state index in [1.807, 2.05) is 22.7 Å². The van der Waals surface area contributed by atoms with Crippen LogP contribution in [0.15, 0.2) is 419 Å². The molecule has 10 heteroatoms. The van der Waals surface area contributed by atoms with Crippen LogP contribution in [0.25, 0.3) is 84.9 Å². The zero-order valence-electron chi connectivity index (χ0n) is 64.0. The van der Waals surface area contributed by atoms with E-state index in [9.17, 15) is 0 Å². The average molecular weight is 1540 g/mol. The number of hydrogen-bond donors (Lipinski definition) is 0. The van der Waals surface area contributed by atoms with Gasteiger partial charge < -0.3 is 29.2 Å². The Hall–Kier alpha value is -14.7. The molecule has 0 fully saturated rings. The van der Waals surface area contributed by atoms with Crippen LogP contribution in [-0.2, 0) is 0 Å². The number of thiophene rings is 2. The van der Waals surface area contributed by atoms with E-state index < -0.39 is 0 Å². The first-order chi connectivity index (χ1) is 58.6. The maximum atomic E-state index is 8.20. The highest BCUT2D eigenvalue weighted by atomic mass is 32.1. The molecule has 0 bridgehead atoms. The lowest BCUT2D eigenvalue weighted by Crippen LogP contribution is -2.64. The van der Waals surface area contributed by atoms with Crippen molar-refractivity contribution in [2.24, 2.45) is 0 Å². The topological polar surface area (TPSA) is 25.4 Å². The lowest BCUT2D eigenvalue weighted by molar-refractivity contribution is 0.488. The molecule has 0 radical (unpaired) electrons. The number of rotatable bonds is 13. The van der Waals surface area contributed by atoms with Gasteiger partial charge in [-0.2, -0.15) is 0 Å². The Morgan fingerprint density at radius 1 is 0.237 bits per heavy atom. The molecular formula is C108H69B2N5OS2. The van der Waals surface area contributed by atoms with E-state index in [1.54, 1.807) is 0 Å². The van der Waals surface area contributed by atoms with Crippen molar-refractivity contribution in [2.75, 3.05) is 24.5 Å². The van der Waals surface area contributed by atoms with Crippen molar-refractivity contribution >= 4 is 195 Å². The fourth-order valence-corrected chi connectivity index (χ4v) is 21.9. The first-order valence-corrected chi connectivity index (χ1v) is 42.1. The van der Waals surface area contributed by atoms with E-state index >= 15 is 0 Å². The summed E-state index contributed by atoms with van der Waals surface area (Å²) in [4.78, 5) is 12.8. The quantitative estimate of drug-likeness (QED) is 0.107. The van der Waals surface area contributed by atoms with Crippen LogP contribution in [0.2, 0.25) is 0 Å². The van der Waals surface area contributed by atoms with Crippen molar-refractivity contribution < 1.29 is 4.74 Å². The molecule has 0 saturated carbocycles. The number of ether oxygens (including phenoxy) is 1. The van der Waals surface area contributed by atoms with E-state index in [0.29, 0.717) is 0 Å². The highest BCUT2D eigenvalue weighted by molar-refractivity contribution is 7.27. The minimum atomic E-state index is -0.313. The second kappa shape index (κ2) is 27.5. The fourth-order valence-electron chi connectivity index (χ4n) is 19.5. The third kappa shape index (κ3) is 10.7. The van der Waals surface area contributed by atoms with Gasteiger partial charge in [-0.05, 0) is 146 Å².